The Labute approximate surface area is 210 Å². The predicted molar refractivity (Wildman–Crippen MR) is 141 cm³/mol. The number of piperazine rings is 1. The Bertz CT molecular complexity index is 1250. The van der Waals surface area contributed by atoms with Crippen molar-refractivity contribution in [3.8, 4) is 0 Å². The molecule has 5 rings (SSSR count). The van der Waals surface area contributed by atoms with Gasteiger partial charge in [0.1, 0.15) is 6.61 Å². The summed E-state index contributed by atoms with van der Waals surface area (Å²) in [6.07, 6.45) is -0.288. The summed E-state index contributed by atoms with van der Waals surface area (Å²) < 4.78 is 5.46. The molecule has 0 N–H and O–H groups in total. The van der Waals surface area contributed by atoms with Gasteiger partial charge >= 0.3 is 6.09 Å². The average Bonchev–Trinajstić information content (AvgIpc) is 2.96. The van der Waals surface area contributed by atoms with Gasteiger partial charge < -0.3 is 14.5 Å². The average molecular weight is 478 g/mol. The van der Waals surface area contributed by atoms with Crippen molar-refractivity contribution < 1.29 is 9.53 Å². The van der Waals surface area contributed by atoms with Crippen LogP contribution in [0.2, 0.25) is 0 Å². The molecule has 4 aromatic rings. The molecule has 0 bridgehead atoms. The molecule has 36 heavy (non-hydrogen) atoms. The summed E-state index contributed by atoms with van der Waals surface area (Å²) in [4.78, 5) is 21.1. The number of nitrogens with zero attached hydrogens (tertiary/aromatic N) is 5. The number of rotatable bonds is 6. The van der Waals surface area contributed by atoms with Crippen LogP contribution in [0.25, 0.3) is 0 Å². The number of hydrogen-bond donors (Lipinski definition) is 0. The molecule has 1 saturated heterocycles. The summed E-state index contributed by atoms with van der Waals surface area (Å²) in [5.74, 6) is 1.32. The third-order valence-corrected chi connectivity index (χ3v) is 6.02. The van der Waals surface area contributed by atoms with E-state index in [1.807, 2.05) is 103 Å². The molecule has 0 saturated carbocycles. The van der Waals surface area contributed by atoms with Crippen molar-refractivity contribution in [3.05, 3.63) is 120 Å². The van der Waals surface area contributed by atoms with Crippen molar-refractivity contribution in [1.29, 1.82) is 0 Å². The molecule has 1 aliphatic rings. The van der Waals surface area contributed by atoms with Gasteiger partial charge in [0.05, 0.1) is 5.71 Å². The van der Waals surface area contributed by atoms with E-state index >= 15 is 0 Å². The zero-order chi connectivity index (χ0) is 24.6. The fourth-order valence-corrected chi connectivity index (χ4v) is 4.08. The predicted octanol–water partition coefficient (Wildman–Crippen LogP) is 5.10. The lowest BCUT2D eigenvalue weighted by molar-refractivity contribution is 0.0941. The molecule has 0 aliphatic carbocycles. The molecule has 2 heterocycles. The molecule has 1 aliphatic heterocycles. The number of hydrogen-bond acceptors (Lipinski definition) is 6. The summed E-state index contributed by atoms with van der Waals surface area (Å²) in [7, 11) is 0. The monoisotopic (exact) mass is 477 g/mol. The SMILES string of the molecule is O=C(OCc1ccccc1)N1CCN(c2ccc(N=C(c3ccccc3)c3ccccc3)nn2)CC1. The first-order valence-corrected chi connectivity index (χ1v) is 12.0. The second-order valence-electron chi connectivity index (χ2n) is 8.46. The molecule has 1 amide bonds. The molecular formula is C29H27N5O2. The van der Waals surface area contributed by atoms with Crippen LogP contribution in [0.4, 0.5) is 16.4 Å². The fraction of sp³-hybridized carbons (Fsp3) is 0.172. The number of aromatic nitrogens is 2. The van der Waals surface area contributed by atoms with Gasteiger partial charge in [-0.25, -0.2) is 9.79 Å². The number of carbonyl (C=O) groups is 1. The largest absolute Gasteiger partial charge is 0.445 e. The Kier molecular flexibility index (Phi) is 7.27. The molecule has 0 atom stereocenters. The van der Waals surface area contributed by atoms with Gasteiger partial charge in [0.15, 0.2) is 11.6 Å². The maximum Gasteiger partial charge on any atom is 0.410 e. The highest BCUT2D eigenvalue weighted by atomic mass is 16.6. The van der Waals surface area contributed by atoms with Crippen molar-refractivity contribution in [2.45, 2.75) is 6.61 Å². The Morgan fingerprint density at radius 1 is 0.722 bits per heavy atom. The first-order valence-electron chi connectivity index (χ1n) is 12.0. The van der Waals surface area contributed by atoms with E-state index in [9.17, 15) is 4.79 Å². The molecule has 3 aromatic carbocycles. The molecule has 0 spiro atoms. The van der Waals surface area contributed by atoms with E-state index < -0.39 is 0 Å². The van der Waals surface area contributed by atoms with Crippen LogP contribution in [0, 0.1) is 0 Å². The van der Waals surface area contributed by atoms with E-state index in [1.165, 1.54) is 0 Å². The molecule has 0 radical (unpaired) electrons. The van der Waals surface area contributed by atoms with Crippen molar-refractivity contribution in [2.24, 2.45) is 4.99 Å². The van der Waals surface area contributed by atoms with Gasteiger partial charge in [-0.1, -0.05) is 91.0 Å². The Balaban J connectivity index is 1.22. The van der Waals surface area contributed by atoms with Gasteiger partial charge in [-0.15, -0.1) is 10.2 Å². The highest BCUT2D eigenvalue weighted by Gasteiger charge is 2.23. The third kappa shape index (κ3) is 5.75. The van der Waals surface area contributed by atoms with Crippen LogP contribution in [0.15, 0.2) is 108 Å². The van der Waals surface area contributed by atoms with Crippen molar-refractivity contribution in [2.75, 3.05) is 31.1 Å². The smallest absolute Gasteiger partial charge is 0.410 e. The second kappa shape index (κ2) is 11.3. The van der Waals surface area contributed by atoms with E-state index in [4.69, 9.17) is 9.73 Å². The molecule has 180 valence electrons. The van der Waals surface area contributed by atoms with Crippen LogP contribution in [-0.2, 0) is 11.3 Å². The highest BCUT2D eigenvalue weighted by molar-refractivity contribution is 6.13. The van der Waals surface area contributed by atoms with E-state index in [0.717, 1.165) is 28.2 Å². The fourth-order valence-electron chi connectivity index (χ4n) is 4.08. The van der Waals surface area contributed by atoms with Crippen molar-refractivity contribution in [3.63, 3.8) is 0 Å². The van der Waals surface area contributed by atoms with Gasteiger partial charge in [0.25, 0.3) is 0 Å². The van der Waals surface area contributed by atoms with Crippen molar-refractivity contribution >= 4 is 23.4 Å². The first kappa shape index (κ1) is 23.2. The maximum atomic E-state index is 12.4. The quantitative estimate of drug-likeness (QED) is 0.361. The second-order valence-corrected chi connectivity index (χ2v) is 8.46. The zero-order valence-corrected chi connectivity index (χ0v) is 19.9. The summed E-state index contributed by atoms with van der Waals surface area (Å²) >= 11 is 0. The number of anilines is 1. The van der Waals surface area contributed by atoms with E-state index in [2.05, 4.69) is 15.1 Å². The van der Waals surface area contributed by atoms with Crippen LogP contribution in [0.5, 0.6) is 0 Å². The summed E-state index contributed by atoms with van der Waals surface area (Å²) in [5.41, 5.74) is 3.86. The van der Waals surface area contributed by atoms with Crippen LogP contribution in [0.3, 0.4) is 0 Å². The Morgan fingerprint density at radius 2 is 1.31 bits per heavy atom. The normalized spacial score (nSPS) is 13.2. The third-order valence-electron chi connectivity index (χ3n) is 6.02. The maximum absolute atomic E-state index is 12.4. The van der Waals surface area contributed by atoms with Gasteiger partial charge in [0.2, 0.25) is 0 Å². The van der Waals surface area contributed by atoms with Crippen LogP contribution in [0.1, 0.15) is 16.7 Å². The molecule has 7 nitrogen and oxygen atoms in total. The standard InChI is InChI=1S/C29H27N5O2/c35-29(36-22-23-10-4-1-5-11-23)34-20-18-33(19-21-34)27-17-16-26(31-32-27)30-28(24-12-6-2-7-13-24)25-14-8-3-9-15-25/h1-17H,18-22H2. The van der Waals surface area contributed by atoms with Crippen LogP contribution >= 0.6 is 0 Å². The van der Waals surface area contributed by atoms with E-state index in [1.54, 1.807) is 4.90 Å². The summed E-state index contributed by atoms with van der Waals surface area (Å²) in [6, 6.07) is 33.7. The number of benzene rings is 3. The molecular weight excluding hydrogens is 450 g/mol. The minimum absolute atomic E-state index is 0.279. The minimum atomic E-state index is -0.288. The molecule has 1 fully saturated rings. The first-order chi connectivity index (χ1) is 17.8. The number of aliphatic imine (C=N–C) groups is 1. The lowest BCUT2D eigenvalue weighted by Gasteiger charge is -2.34. The van der Waals surface area contributed by atoms with Gasteiger partial charge in [-0.2, -0.15) is 0 Å². The summed E-state index contributed by atoms with van der Waals surface area (Å²) in [5, 5.41) is 8.80. The molecule has 7 heteroatoms. The van der Waals surface area contributed by atoms with Gasteiger partial charge in [-0.05, 0) is 17.7 Å². The Morgan fingerprint density at radius 3 is 1.86 bits per heavy atom. The minimum Gasteiger partial charge on any atom is -0.445 e. The zero-order valence-electron chi connectivity index (χ0n) is 19.9. The molecule has 0 unspecified atom stereocenters. The van der Waals surface area contributed by atoms with Crippen LogP contribution < -0.4 is 4.90 Å². The van der Waals surface area contributed by atoms with E-state index in [0.29, 0.717) is 32.0 Å². The molecule has 1 aromatic heterocycles. The van der Waals surface area contributed by atoms with Gasteiger partial charge in [0, 0.05) is 37.3 Å². The van der Waals surface area contributed by atoms with Gasteiger partial charge in [-0.3, -0.25) is 0 Å². The topological polar surface area (TPSA) is 70.9 Å². The number of carbonyl (C=O) groups excluding carboxylic acids is 1. The van der Waals surface area contributed by atoms with E-state index in [-0.39, 0.29) is 12.7 Å². The van der Waals surface area contributed by atoms with Crippen LogP contribution in [-0.4, -0.2) is 53.1 Å². The lowest BCUT2D eigenvalue weighted by atomic mass is 10.0. The van der Waals surface area contributed by atoms with Crippen molar-refractivity contribution in [1.82, 2.24) is 15.1 Å². The Hall–Kier alpha value is -4.52. The number of amides is 1. The number of ether oxygens (including phenoxy) is 1. The highest BCUT2D eigenvalue weighted by Crippen LogP contribution is 2.19. The summed E-state index contributed by atoms with van der Waals surface area (Å²) in [6.45, 7) is 2.75. The lowest BCUT2D eigenvalue weighted by Crippen LogP contribution is -2.49.